The minimum atomic E-state index is -0.00309. The topological polar surface area (TPSA) is 43.8 Å². The quantitative estimate of drug-likeness (QED) is 0.844. The molecular formula is C17H22BrN3. The van der Waals surface area contributed by atoms with E-state index in [4.69, 9.17) is 10.7 Å². The molecule has 1 aliphatic carbocycles. The molecule has 1 aromatic carbocycles. The number of aryl methyl sites for hydroxylation is 1. The predicted octanol–water partition coefficient (Wildman–Crippen LogP) is 4.84. The lowest BCUT2D eigenvalue weighted by Gasteiger charge is -2.20. The molecule has 1 fully saturated rings. The number of hydrogen-bond donors (Lipinski definition) is 1. The van der Waals surface area contributed by atoms with Crippen molar-refractivity contribution in [2.45, 2.75) is 52.0 Å². The van der Waals surface area contributed by atoms with Crippen molar-refractivity contribution in [3.8, 4) is 11.3 Å². The third-order valence-electron chi connectivity index (χ3n) is 3.98. The highest BCUT2D eigenvalue weighted by molar-refractivity contribution is 9.10. The van der Waals surface area contributed by atoms with Crippen LogP contribution in [0.1, 0.15) is 51.0 Å². The van der Waals surface area contributed by atoms with Gasteiger partial charge >= 0.3 is 0 Å². The lowest BCUT2D eigenvalue weighted by Crippen LogP contribution is -2.19. The lowest BCUT2D eigenvalue weighted by atomic mass is 9.95. The molecule has 112 valence electrons. The molecule has 0 radical (unpaired) electrons. The molecule has 3 rings (SSSR count). The molecule has 0 atom stereocenters. The van der Waals surface area contributed by atoms with E-state index in [1.807, 2.05) is 0 Å². The number of rotatable bonds is 2. The van der Waals surface area contributed by atoms with Gasteiger partial charge in [0.1, 0.15) is 17.3 Å². The first kappa shape index (κ1) is 14.6. The Morgan fingerprint density at radius 2 is 1.95 bits per heavy atom. The van der Waals surface area contributed by atoms with Crippen molar-refractivity contribution < 1.29 is 0 Å². The summed E-state index contributed by atoms with van der Waals surface area (Å²) in [6, 6.07) is 6.85. The molecule has 1 heterocycles. The minimum Gasteiger partial charge on any atom is -0.383 e. The fourth-order valence-electron chi connectivity index (χ4n) is 2.63. The molecule has 0 unspecified atom stereocenters. The van der Waals surface area contributed by atoms with E-state index >= 15 is 0 Å². The highest BCUT2D eigenvalue weighted by atomic mass is 79.9. The monoisotopic (exact) mass is 347 g/mol. The molecule has 1 aliphatic rings. The van der Waals surface area contributed by atoms with E-state index in [1.165, 1.54) is 18.4 Å². The Morgan fingerprint density at radius 1 is 1.29 bits per heavy atom. The first-order valence-electron chi connectivity index (χ1n) is 7.43. The third-order valence-corrected chi connectivity index (χ3v) is 4.83. The van der Waals surface area contributed by atoms with Crippen LogP contribution in [0.2, 0.25) is 0 Å². The maximum Gasteiger partial charge on any atom is 0.132 e. The van der Waals surface area contributed by atoms with Gasteiger partial charge in [-0.25, -0.2) is 4.98 Å². The molecular weight excluding hydrogens is 326 g/mol. The van der Waals surface area contributed by atoms with Gasteiger partial charge in [0.25, 0.3) is 0 Å². The summed E-state index contributed by atoms with van der Waals surface area (Å²) in [6.07, 6.45) is 2.42. The number of nitrogens with zero attached hydrogens (tertiary/aromatic N) is 2. The second kappa shape index (κ2) is 4.87. The van der Waals surface area contributed by atoms with Crippen LogP contribution in [0.5, 0.6) is 0 Å². The Morgan fingerprint density at radius 3 is 2.48 bits per heavy atom. The summed E-state index contributed by atoms with van der Waals surface area (Å²) in [6.45, 7) is 8.67. The molecule has 3 nitrogen and oxygen atoms in total. The molecule has 2 N–H and O–H groups in total. The molecule has 2 aromatic rings. The molecule has 0 saturated heterocycles. The van der Waals surface area contributed by atoms with Crippen molar-refractivity contribution in [1.82, 2.24) is 9.55 Å². The summed E-state index contributed by atoms with van der Waals surface area (Å²) in [7, 11) is 0. The fraction of sp³-hybridized carbons (Fsp3) is 0.471. The van der Waals surface area contributed by atoms with Crippen molar-refractivity contribution in [2.75, 3.05) is 5.73 Å². The molecule has 0 bridgehead atoms. The molecule has 1 saturated carbocycles. The van der Waals surface area contributed by atoms with Gasteiger partial charge in [-0.2, -0.15) is 0 Å². The number of aromatic nitrogens is 2. The summed E-state index contributed by atoms with van der Waals surface area (Å²) in [5.74, 6) is 1.90. The SMILES string of the molecule is Cc1ccc(-c2nc(C(C)(C)C)n(C3CC3)c2N)cc1Br. The van der Waals surface area contributed by atoms with Gasteiger partial charge < -0.3 is 10.3 Å². The van der Waals surface area contributed by atoms with Crippen LogP contribution >= 0.6 is 15.9 Å². The molecule has 0 amide bonds. The molecule has 4 heteroatoms. The maximum atomic E-state index is 6.45. The van der Waals surface area contributed by atoms with Gasteiger partial charge in [0.15, 0.2) is 0 Å². The number of benzene rings is 1. The normalized spacial score (nSPS) is 15.5. The smallest absolute Gasteiger partial charge is 0.132 e. The number of hydrogen-bond acceptors (Lipinski definition) is 2. The standard InChI is InChI=1S/C17H22BrN3/c1-10-5-6-11(9-13(10)18)14-15(19)21(12-7-8-12)16(20-14)17(2,3)4/h5-6,9,12H,7-8,19H2,1-4H3. The van der Waals surface area contributed by atoms with Gasteiger partial charge in [-0.15, -0.1) is 0 Å². The van der Waals surface area contributed by atoms with Gasteiger partial charge in [-0.1, -0.05) is 48.8 Å². The summed E-state index contributed by atoms with van der Waals surface area (Å²) in [5, 5.41) is 0. The van der Waals surface area contributed by atoms with E-state index in [1.54, 1.807) is 0 Å². The van der Waals surface area contributed by atoms with E-state index in [-0.39, 0.29) is 5.41 Å². The highest BCUT2D eigenvalue weighted by Crippen LogP contribution is 2.43. The number of imidazole rings is 1. The fourth-order valence-corrected chi connectivity index (χ4v) is 3.01. The zero-order valence-corrected chi connectivity index (χ0v) is 14.7. The maximum absolute atomic E-state index is 6.45. The zero-order valence-electron chi connectivity index (χ0n) is 13.1. The number of nitrogens with two attached hydrogens (primary N) is 1. The zero-order chi connectivity index (χ0) is 15.4. The van der Waals surface area contributed by atoms with E-state index in [0.717, 1.165) is 27.4 Å². The average molecular weight is 348 g/mol. The highest BCUT2D eigenvalue weighted by Gasteiger charge is 2.34. The van der Waals surface area contributed by atoms with Crippen molar-refractivity contribution in [1.29, 1.82) is 0 Å². The van der Waals surface area contributed by atoms with Crippen molar-refractivity contribution >= 4 is 21.7 Å². The average Bonchev–Trinajstić information content (AvgIpc) is 3.15. The Labute approximate surface area is 134 Å². The third kappa shape index (κ3) is 2.61. The van der Waals surface area contributed by atoms with Gasteiger partial charge in [0.2, 0.25) is 0 Å². The van der Waals surface area contributed by atoms with E-state index in [0.29, 0.717) is 6.04 Å². The lowest BCUT2D eigenvalue weighted by molar-refractivity contribution is 0.504. The van der Waals surface area contributed by atoms with Crippen LogP contribution in [0, 0.1) is 6.92 Å². The molecule has 0 spiro atoms. The largest absolute Gasteiger partial charge is 0.383 e. The van der Waals surface area contributed by atoms with Crippen LogP contribution in [-0.4, -0.2) is 9.55 Å². The van der Waals surface area contributed by atoms with Crippen LogP contribution < -0.4 is 5.73 Å². The summed E-state index contributed by atoms with van der Waals surface area (Å²) >= 11 is 3.60. The Hall–Kier alpha value is -1.29. The Bertz CT molecular complexity index is 691. The number of nitrogen functional groups attached to an aromatic ring is 1. The van der Waals surface area contributed by atoms with Crippen molar-refractivity contribution in [2.24, 2.45) is 0 Å². The van der Waals surface area contributed by atoms with Gasteiger partial charge in [-0.3, -0.25) is 0 Å². The Balaban J connectivity index is 2.17. The number of halogens is 1. The van der Waals surface area contributed by atoms with Crippen molar-refractivity contribution in [3.63, 3.8) is 0 Å². The Kier molecular flexibility index (Phi) is 3.40. The van der Waals surface area contributed by atoms with E-state index in [9.17, 15) is 0 Å². The van der Waals surface area contributed by atoms with Crippen LogP contribution in [0.4, 0.5) is 5.82 Å². The number of anilines is 1. The molecule has 0 aliphatic heterocycles. The second-order valence-corrected chi connectivity index (χ2v) is 7.84. The minimum absolute atomic E-state index is 0.00309. The first-order valence-corrected chi connectivity index (χ1v) is 8.23. The first-order chi connectivity index (χ1) is 9.79. The molecule has 1 aromatic heterocycles. The van der Waals surface area contributed by atoms with Gasteiger partial charge in [0, 0.05) is 21.5 Å². The van der Waals surface area contributed by atoms with E-state index < -0.39 is 0 Å². The van der Waals surface area contributed by atoms with Gasteiger partial charge in [0.05, 0.1) is 0 Å². The van der Waals surface area contributed by atoms with Gasteiger partial charge in [-0.05, 0) is 31.4 Å². The summed E-state index contributed by atoms with van der Waals surface area (Å²) in [5.41, 5.74) is 9.65. The van der Waals surface area contributed by atoms with Crippen LogP contribution in [0.15, 0.2) is 22.7 Å². The second-order valence-electron chi connectivity index (χ2n) is 6.98. The summed E-state index contributed by atoms with van der Waals surface area (Å²) in [4.78, 5) is 4.90. The van der Waals surface area contributed by atoms with Crippen LogP contribution in [0.3, 0.4) is 0 Å². The van der Waals surface area contributed by atoms with E-state index in [2.05, 4.69) is 66.4 Å². The van der Waals surface area contributed by atoms with Crippen LogP contribution in [0.25, 0.3) is 11.3 Å². The predicted molar refractivity (Wildman–Crippen MR) is 91.5 cm³/mol. The summed E-state index contributed by atoms with van der Waals surface area (Å²) < 4.78 is 3.35. The van der Waals surface area contributed by atoms with Crippen molar-refractivity contribution in [3.05, 3.63) is 34.1 Å². The van der Waals surface area contributed by atoms with Crippen LogP contribution in [-0.2, 0) is 5.41 Å². The molecule has 21 heavy (non-hydrogen) atoms.